The van der Waals surface area contributed by atoms with E-state index in [-0.39, 0.29) is 19.3 Å². The van der Waals surface area contributed by atoms with Crippen LogP contribution >= 0.6 is 0 Å². The molecule has 0 fully saturated rings. The lowest BCUT2D eigenvalue weighted by atomic mass is 10.0. The number of carbonyl (C=O) groups is 6. The molecular weight excluding hydrogens is 478 g/mol. The predicted molar refractivity (Wildman–Crippen MR) is 124 cm³/mol. The van der Waals surface area contributed by atoms with E-state index in [2.05, 4.69) is 20.9 Å². The number of benzene rings is 1. The number of fused-ring (bicyclic) bond motifs is 1. The molecular formula is C22H27N5O9. The predicted octanol–water partition coefficient (Wildman–Crippen LogP) is -1.45. The maximum atomic E-state index is 12.9. The van der Waals surface area contributed by atoms with Crippen molar-refractivity contribution >= 4 is 46.5 Å². The summed E-state index contributed by atoms with van der Waals surface area (Å²) in [6, 6.07) is 2.93. The van der Waals surface area contributed by atoms with Crippen LogP contribution in [0.25, 0.3) is 10.9 Å². The molecule has 0 bridgehead atoms. The smallest absolute Gasteiger partial charge is 0.326 e. The van der Waals surface area contributed by atoms with Crippen LogP contribution in [0.1, 0.15) is 24.8 Å². The fourth-order valence-electron chi connectivity index (χ4n) is 3.33. The molecule has 194 valence electrons. The van der Waals surface area contributed by atoms with Crippen molar-refractivity contribution in [3.8, 4) is 0 Å². The first-order chi connectivity index (χ1) is 17.0. The van der Waals surface area contributed by atoms with Crippen LogP contribution in [0.2, 0.25) is 0 Å². The Hall–Kier alpha value is -4.46. The highest BCUT2D eigenvalue weighted by molar-refractivity contribution is 5.94. The number of hydrogen-bond donors (Lipinski definition) is 8. The van der Waals surface area contributed by atoms with Gasteiger partial charge in [0.2, 0.25) is 17.7 Å². The summed E-state index contributed by atoms with van der Waals surface area (Å²) in [4.78, 5) is 73.3. The standard InChI is InChI=1S/C22H27N5O9/c23-13(5-6-18(29)30)20(33)25-10-17(28)26-15(21(34)27-16(22(35)36)8-19(31)32)7-11-9-24-14-4-2-1-3-12(11)14/h1-4,9,13,15-16,24H,5-8,10,23H2,(H,25,33)(H,26,28)(H,27,34)(H,29,30)(H,31,32)(H,35,36). The minimum Gasteiger partial charge on any atom is -0.481 e. The highest BCUT2D eigenvalue weighted by Gasteiger charge is 2.29. The molecule has 1 heterocycles. The zero-order valence-corrected chi connectivity index (χ0v) is 19.0. The summed E-state index contributed by atoms with van der Waals surface area (Å²) >= 11 is 0. The van der Waals surface area contributed by atoms with Gasteiger partial charge in [-0.05, 0) is 18.1 Å². The lowest BCUT2D eigenvalue weighted by molar-refractivity contribution is -0.147. The topological polar surface area (TPSA) is 241 Å². The van der Waals surface area contributed by atoms with Gasteiger partial charge in [-0.15, -0.1) is 0 Å². The lowest BCUT2D eigenvalue weighted by Crippen LogP contribution is -2.54. The molecule has 3 atom stereocenters. The molecule has 1 aromatic carbocycles. The van der Waals surface area contributed by atoms with Crippen LogP contribution in [-0.4, -0.2) is 80.6 Å². The molecule has 1 aromatic heterocycles. The highest BCUT2D eigenvalue weighted by Crippen LogP contribution is 2.19. The quantitative estimate of drug-likeness (QED) is 0.148. The van der Waals surface area contributed by atoms with Gasteiger partial charge in [0.15, 0.2) is 0 Å². The Bertz CT molecular complexity index is 1150. The summed E-state index contributed by atoms with van der Waals surface area (Å²) in [5.41, 5.74) is 6.97. The average molecular weight is 505 g/mol. The molecule has 0 aliphatic heterocycles. The van der Waals surface area contributed by atoms with Gasteiger partial charge in [-0.25, -0.2) is 4.79 Å². The molecule has 0 saturated carbocycles. The number of hydrogen-bond acceptors (Lipinski definition) is 7. The van der Waals surface area contributed by atoms with E-state index in [9.17, 15) is 33.9 Å². The lowest BCUT2D eigenvalue weighted by Gasteiger charge is -2.21. The Labute approximate surface area is 204 Å². The third-order valence-corrected chi connectivity index (χ3v) is 5.17. The van der Waals surface area contributed by atoms with Gasteiger partial charge in [0.1, 0.15) is 12.1 Å². The van der Waals surface area contributed by atoms with Gasteiger partial charge < -0.3 is 42.0 Å². The number of para-hydroxylation sites is 1. The van der Waals surface area contributed by atoms with Gasteiger partial charge in [-0.2, -0.15) is 0 Å². The third kappa shape index (κ3) is 8.39. The molecule has 14 heteroatoms. The van der Waals surface area contributed by atoms with Crippen LogP contribution in [0.5, 0.6) is 0 Å². The largest absolute Gasteiger partial charge is 0.481 e. The fraction of sp³-hybridized carbons (Fsp3) is 0.364. The zero-order valence-electron chi connectivity index (χ0n) is 19.0. The second-order valence-corrected chi connectivity index (χ2v) is 7.94. The SMILES string of the molecule is NC(CCC(=O)O)C(=O)NCC(=O)NC(Cc1c[nH]c2ccccc12)C(=O)NC(CC(=O)O)C(=O)O. The summed E-state index contributed by atoms with van der Waals surface area (Å²) in [5.74, 6) is -6.65. The third-order valence-electron chi connectivity index (χ3n) is 5.17. The summed E-state index contributed by atoms with van der Waals surface area (Å²) in [6.45, 7) is -0.589. The minimum atomic E-state index is -1.73. The van der Waals surface area contributed by atoms with Crippen molar-refractivity contribution in [3.63, 3.8) is 0 Å². The second kappa shape index (κ2) is 12.9. The molecule has 2 rings (SSSR count). The monoisotopic (exact) mass is 505 g/mol. The molecule has 9 N–H and O–H groups in total. The van der Waals surface area contributed by atoms with Gasteiger partial charge >= 0.3 is 17.9 Å². The number of aliphatic carboxylic acids is 3. The Morgan fingerprint density at radius 1 is 0.917 bits per heavy atom. The number of nitrogens with two attached hydrogens (primary N) is 1. The van der Waals surface area contributed by atoms with Gasteiger partial charge in [-0.3, -0.25) is 24.0 Å². The van der Waals surface area contributed by atoms with E-state index in [4.69, 9.17) is 15.9 Å². The van der Waals surface area contributed by atoms with Gasteiger partial charge in [0.25, 0.3) is 0 Å². The molecule has 0 aliphatic carbocycles. The van der Waals surface area contributed by atoms with Gasteiger partial charge in [0, 0.05) is 29.9 Å². The fourth-order valence-corrected chi connectivity index (χ4v) is 3.33. The molecule has 0 saturated heterocycles. The van der Waals surface area contributed by atoms with Crippen LogP contribution in [0, 0.1) is 0 Å². The van der Waals surface area contributed by atoms with Gasteiger partial charge in [0.05, 0.1) is 19.0 Å². The number of rotatable bonds is 14. The van der Waals surface area contributed by atoms with Crippen molar-refractivity contribution in [2.45, 2.75) is 43.8 Å². The van der Waals surface area contributed by atoms with E-state index < -0.39 is 66.7 Å². The number of amides is 3. The highest BCUT2D eigenvalue weighted by atomic mass is 16.4. The van der Waals surface area contributed by atoms with E-state index in [1.54, 1.807) is 30.5 Å². The van der Waals surface area contributed by atoms with Crippen LogP contribution in [0.15, 0.2) is 30.5 Å². The molecule has 3 unspecified atom stereocenters. The zero-order chi connectivity index (χ0) is 26.8. The molecule has 0 spiro atoms. The molecule has 0 radical (unpaired) electrons. The maximum Gasteiger partial charge on any atom is 0.326 e. The summed E-state index contributed by atoms with van der Waals surface area (Å²) in [7, 11) is 0. The molecule has 36 heavy (non-hydrogen) atoms. The van der Waals surface area contributed by atoms with Crippen molar-refractivity contribution < 1.29 is 44.1 Å². The van der Waals surface area contributed by atoms with E-state index in [0.29, 0.717) is 5.56 Å². The number of carbonyl (C=O) groups excluding carboxylic acids is 3. The molecule has 0 aliphatic rings. The number of nitrogens with one attached hydrogen (secondary N) is 4. The first-order valence-electron chi connectivity index (χ1n) is 10.8. The first kappa shape index (κ1) is 27.8. The van der Waals surface area contributed by atoms with E-state index in [1.807, 2.05) is 0 Å². The van der Waals surface area contributed by atoms with Crippen LogP contribution < -0.4 is 21.7 Å². The minimum absolute atomic E-state index is 0.0763. The number of H-pyrrole nitrogens is 1. The molecule has 14 nitrogen and oxygen atoms in total. The Morgan fingerprint density at radius 3 is 2.25 bits per heavy atom. The summed E-state index contributed by atoms with van der Waals surface area (Å²) in [5, 5.41) is 34.4. The van der Waals surface area contributed by atoms with Crippen LogP contribution in [0.4, 0.5) is 0 Å². The van der Waals surface area contributed by atoms with Crippen LogP contribution in [0.3, 0.4) is 0 Å². The second-order valence-electron chi connectivity index (χ2n) is 7.94. The maximum absolute atomic E-state index is 12.9. The number of carboxylic acids is 3. The van der Waals surface area contributed by atoms with Crippen molar-refractivity contribution in [2.75, 3.05) is 6.54 Å². The van der Waals surface area contributed by atoms with Crippen molar-refractivity contribution in [1.82, 2.24) is 20.9 Å². The molecule has 2 aromatic rings. The first-order valence-corrected chi connectivity index (χ1v) is 10.8. The van der Waals surface area contributed by atoms with Crippen LogP contribution in [-0.2, 0) is 35.2 Å². The van der Waals surface area contributed by atoms with E-state index in [0.717, 1.165) is 10.9 Å². The number of aromatic amines is 1. The van der Waals surface area contributed by atoms with Crippen molar-refractivity contribution in [2.24, 2.45) is 5.73 Å². The normalized spacial score (nSPS) is 13.2. The van der Waals surface area contributed by atoms with Gasteiger partial charge in [-0.1, -0.05) is 18.2 Å². The summed E-state index contributed by atoms with van der Waals surface area (Å²) < 4.78 is 0. The van der Waals surface area contributed by atoms with Crippen molar-refractivity contribution in [3.05, 3.63) is 36.0 Å². The average Bonchev–Trinajstić information content (AvgIpc) is 3.22. The Morgan fingerprint density at radius 2 is 1.61 bits per heavy atom. The number of aromatic nitrogens is 1. The Kier molecular flexibility index (Phi) is 9.92. The Balaban J connectivity index is 2.13. The van der Waals surface area contributed by atoms with E-state index >= 15 is 0 Å². The van der Waals surface area contributed by atoms with E-state index in [1.165, 1.54) is 0 Å². The van der Waals surface area contributed by atoms with Crippen molar-refractivity contribution in [1.29, 1.82) is 0 Å². The molecule has 3 amide bonds. The number of carboxylic acid groups (broad SMARTS) is 3. The summed E-state index contributed by atoms with van der Waals surface area (Å²) in [6.07, 6.45) is 0.182.